The number of aryl methyl sites for hydroxylation is 2. The fraction of sp³-hybridized carbons (Fsp3) is 0.211. The summed E-state index contributed by atoms with van der Waals surface area (Å²) < 4.78 is 4.99. The van der Waals surface area contributed by atoms with Gasteiger partial charge < -0.3 is 15.1 Å². The lowest BCUT2D eigenvalue weighted by Crippen LogP contribution is -2.27. The van der Waals surface area contributed by atoms with Crippen LogP contribution in [-0.4, -0.2) is 23.3 Å². The number of carbonyl (C=O) groups excluding carboxylic acids is 2. The van der Waals surface area contributed by atoms with E-state index >= 15 is 0 Å². The van der Waals surface area contributed by atoms with Gasteiger partial charge in [0.1, 0.15) is 0 Å². The van der Waals surface area contributed by atoms with E-state index in [-0.39, 0.29) is 30.5 Å². The second kappa shape index (κ2) is 7.97. The van der Waals surface area contributed by atoms with Crippen LogP contribution in [0.4, 0.5) is 5.13 Å². The number of hydrogen-bond acceptors (Lipinski definition) is 5. The summed E-state index contributed by atoms with van der Waals surface area (Å²) in [6, 6.07) is 11.3. The molecule has 1 aromatic carbocycles. The number of anilines is 1. The standard InChI is InChI=1S/C19H19N3O3S/c1-12-5-7-14(8-6-12)17-13(2)26-19(22-17)21-16(23)9-10-20-18(24)15-4-3-11-25-15/h3-8,11H,9-10H2,1-2H3,(H,20,24)(H,21,22,23). The van der Waals surface area contributed by atoms with Gasteiger partial charge in [-0.3, -0.25) is 9.59 Å². The number of furan rings is 1. The summed E-state index contributed by atoms with van der Waals surface area (Å²) in [4.78, 5) is 29.3. The molecule has 2 amide bonds. The highest BCUT2D eigenvalue weighted by atomic mass is 32.1. The van der Waals surface area contributed by atoms with Gasteiger partial charge >= 0.3 is 0 Å². The van der Waals surface area contributed by atoms with Crippen LogP contribution in [0.15, 0.2) is 47.1 Å². The number of benzene rings is 1. The highest BCUT2D eigenvalue weighted by Gasteiger charge is 2.13. The van der Waals surface area contributed by atoms with Gasteiger partial charge in [0.2, 0.25) is 5.91 Å². The summed E-state index contributed by atoms with van der Waals surface area (Å²) in [6.07, 6.45) is 1.59. The van der Waals surface area contributed by atoms with Crippen molar-refractivity contribution in [2.24, 2.45) is 0 Å². The smallest absolute Gasteiger partial charge is 0.286 e. The van der Waals surface area contributed by atoms with E-state index in [4.69, 9.17) is 4.42 Å². The molecule has 0 saturated heterocycles. The van der Waals surface area contributed by atoms with Crippen molar-refractivity contribution in [2.75, 3.05) is 11.9 Å². The lowest BCUT2D eigenvalue weighted by atomic mass is 10.1. The van der Waals surface area contributed by atoms with Crippen LogP contribution in [0.2, 0.25) is 0 Å². The predicted octanol–water partition coefficient (Wildman–Crippen LogP) is 3.78. The minimum absolute atomic E-state index is 0.158. The van der Waals surface area contributed by atoms with E-state index in [1.54, 1.807) is 12.1 Å². The molecule has 0 bridgehead atoms. The number of carbonyl (C=O) groups is 2. The molecule has 0 spiro atoms. The van der Waals surface area contributed by atoms with Gasteiger partial charge in [0.05, 0.1) is 12.0 Å². The molecule has 6 nitrogen and oxygen atoms in total. The topological polar surface area (TPSA) is 84.2 Å². The van der Waals surface area contributed by atoms with Crippen LogP contribution in [-0.2, 0) is 4.79 Å². The van der Waals surface area contributed by atoms with E-state index in [1.165, 1.54) is 23.2 Å². The van der Waals surface area contributed by atoms with E-state index in [2.05, 4.69) is 15.6 Å². The first-order valence-corrected chi connectivity index (χ1v) is 9.00. The number of nitrogens with one attached hydrogen (secondary N) is 2. The highest BCUT2D eigenvalue weighted by molar-refractivity contribution is 7.16. The number of hydrogen-bond donors (Lipinski definition) is 2. The van der Waals surface area contributed by atoms with Gasteiger partial charge in [-0.05, 0) is 26.0 Å². The molecular weight excluding hydrogens is 350 g/mol. The largest absolute Gasteiger partial charge is 0.459 e. The van der Waals surface area contributed by atoms with Crippen molar-refractivity contribution in [1.29, 1.82) is 0 Å². The minimum Gasteiger partial charge on any atom is -0.459 e. The van der Waals surface area contributed by atoms with Crippen molar-refractivity contribution in [2.45, 2.75) is 20.3 Å². The zero-order valence-corrected chi connectivity index (χ0v) is 15.4. The molecule has 26 heavy (non-hydrogen) atoms. The zero-order chi connectivity index (χ0) is 18.5. The van der Waals surface area contributed by atoms with Crippen LogP contribution in [0.25, 0.3) is 11.3 Å². The molecule has 134 valence electrons. The fourth-order valence-electron chi connectivity index (χ4n) is 2.40. The van der Waals surface area contributed by atoms with Crippen molar-refractivity contribution < 1.29 is 14.0 Å². The molecule has 7 heteroatoms. The Morgan fingerprint density at radius 3 is 2.62 bits per heavy atom. The highest BCUT2D eigenvalue weighted by Crippen LogP contribution is 2.30. The Bertz CT molecular complexity index is 899. The maximum absolute atomic E-state index is 12.1. The number of aromatic nitrogens is 1. The summed E-state index contributed by atoms with van der Waals surface area (Å²) in [7, 11) is 0. The summed E-state index contributed by atoms with van der Waals surface area (Å²) in [6.45, 7) is 4.24. The van der Waals surface area contributed by atoms with Crippen molar-refractivity contribution >= 4 is 28.3 Å². The van der Waals surface area contributed by atoms with Crippen LogP contribution in [0.3, 0.4) is 0 Å². The van der Waals surface area contributed by atoms with E-state index in [0.717, 1.165) is 16.1 Å². The molecule has 0 fully saturated rings. The summed E-state index contributed by atoms with van der Waals surface area (Å²) in [5.41, 5.74) is 3.08. The van der Waals surface area contributed by atoms with E-state index in [1.807, 2.05) is 38.1 Å². The molecule has 0 aliphatic heterocycles. The van der Waals surface area contributed by atoms with Crippen LogP contribution in [0.5, 0.6) is 0 Å². The second-order valence-corrected chi connectivity index (χ2v) is 7.02. The quantitative estimate of drug-likeness (QED) is 0.692. The Balaban J connectivity index is 1.54. The Morgan fingerprint density at radius 1 is 1.15 bits per heavy atom. The van der Waals surface area contributed by atoms with Crippen LogP contribution in [0, 0.1) is 13.8 Å². The molecule has 0 aliphatic rings. The third-order valence-corrected chi connectivity index (χ3v) is 4.64. The van der Waals surface area contributed by atoms with E-state index in [0.29, 0.717) is 5.13 Å². The summed E-state index contributed by atoms with van der Waals surface area (Å²) >= 11 is 1.43. The first-order valence-electron chi connectivity index (χ1n) is 8.19. The third-order valence-electron chi connectivity index (χ3n) is 3.75. The van der Waals surface area contributed by atoms with E-state index in [9.17, 15) is 9.59 Å². The van der Waals surface area contributed by atoms with Gasteiger partial charge in [0.15, 0.2) is 10.9 Å². The molecule has 3 aromatic rings. The average molecular weight is 369 g/mol. The fourth-order valence-corrected chi connectivity index (χ4v) is 3.25. The Hall–Kier alpha value is -2.93. The molecule has 0 saturated carbocycles. The first kappa shape index (κ1) is 17.9. The first-order chi connectivity index (χ1) is 12.5. The molecule has 2 N–H and O–H groups in total. The molecule has 0 atom stereocenters. The Labute approximate surface area is 155 Å². The number of amides is 2. The molecule has 0 aliphatic carbocycles. The van der Waals surface area contributed by atoms with Crippen LogP contribution < -0.4 is 10.6 Å². The van der Waals surface area contributed by atoms with Crippen LogP contribution >= 0.6 is 11.3 Å². The maximum atomic E-state index is 12.1. The van der Waals surface area contributed by atoms with Gasteiger partial charge in [-0.2, -0.15) is 0 Å². The lowest BCUT2D eigenvalue weighted by Gasteiger charge is -2.03. The Morgan fingerprint density at radius 2 is 1.92 bits per heavy atom. The third kappa shape index (κ3) is 4.37. The SMILES string of the molecule is Cc1ccc(-c2nc(NC(=O)CCNC(=O)c3ccco3)sc2C)cc1. The van der Waals surface area contributed by atoms with Crippen molar-refractivity contribution in [1.82, 2.24) is 10.3 Å². The molecule has 0 unspecified atom stereocenters. The number of rotatable bonds is 6. The number of nitrogens with zero attached hydrogens (tertiary/aromatic N) is 1. The molecule has 2 aromatic heterocycles. The Kier molecular flexibility index (Phi) is 5.48. The summed E-state index contributed by atoms with van der Waals surface area (Å²) in [5.74, 6) is -0.313. The molecular formula is C19H19N3O3S. The molecule has 2 heterocycles. The number of thiazole rings is 1. The normalized spacial score (nSPS) is 10.5. The van der Waals surface area contributed by atoms with Crippen molar-refractivity contribution in [3.05, 3.63) is 58.9 Å². The van der Waals surface area contributed by atoms with Crippen molar-refractivity contribution in [3.8, 4) is 11.3 Å². The average Bonchev–Trinajstić information content (AvgIpc) is 3.25. The van der Waals surface area contributed by atoms with Gasteiger partial charge in [-0.1, -0.05) is 29.8 Å². The minimum atomic E-state index is -0.338. The van der Waals surface area contributed by atoms with Gasteiger partial charge in [-0.25, -0.2) is 4.98 Å². The summed E-state index contributed by atoms with van der Waals surface area (Å²) in [5, 5.41) is 5.98. The zero-order valence-electron chi connectivity index (χ0n) is 14.5. The predicted molar refractivity (Wildman–Crippen MR) is 101 cm³/mol. The second-order valence-electron chi connectivity index (χ2n) is 5.82. The van der Waals surface area contributed by atoms with Gasteiger partial charge in [-0.15, -0.1) is 11.3 Å². The molecule has 3 rings (SSSR count). The maximum Gasteiger partial charge on any atom is 0.286 e. The van der Waals surface area contributed by atoms with Crippen molar-refractivity contribution in [3.63, 3.8) is 0 Å². The van der Waals surface area contributed by atoms with E-state index < -0.39 is 0 Å². The van der Waals surface area contributed by atoms with Gasteiger partial charge in [0, 0.05) is 23.4 Å². The monoisotopic (exact) mass is 369 g/mol. The molecule has 0 radical (unpaired) electrons. The lowest BCUT2D eigenvalue weighted by molar-refractivity contribution is -0.116. The van der Waals surface area contributed by atoms with Crippen LogP contribution in [0.1, 0.15) is 27.4 Å². The van der Waals surface area contributed by atoms with Gasteiger partial charge in [0.25, 0.3) is 5.91 Å².